The van der Waals surface area contributed by atoms with Gasteiger partial charge in [0, 0.05) is 36.2 Å². The fourth-order valence-electron chi connectivity index (χ4n) is 3.15. The Morgan fingerprint density at radius 2 is 2.28 bits per heavy atom. The van der Waals surface area contributed by atoms with Crippen LogP contribution in [0.3, 0.4) is 0 Å². The van der Waals surface area contributed by atoms with Gasteiger partial charge in [0.1, 0.15) is 0 Å². The number of nitrogens with zero attached hydrogens (tertiary/aromatic N) is 1. The van der Waals surface area contributed by atoms with Gasteiger partial charge in [-0.1, -0.05) is 28.1 Å². The van der Waals surface area contributed by atoms with Crippen LogP contribution in [0, 0.1) is 5.92 Å². The standard InChI is InChI=1S/C15H21BrN2/c1-15(13-5-6-13)11-17-7-8-18(15)10-12-3-2-4-14(16)9-12/h2-4,9,13,17H,5-8,10-11H2,1H3. The average Bonchev–Trinajstić information content (AvgIpc) is 3.17. The van der Waals surface area contributed by atoms with Gasteiger partial charge in [-0.25, -0.2) is 0 Å². The number of nitrogens with one attached hydrogen (secondary N) is 1. The lowest BCUT2D eigenvalue weighted by atomic mass is 9.90. The summed E-state index contributed by atoms with van der Waals surface area (Å²) in [6.07, 6.45) is 2.82. The molecule has 1 unspecified atom stereocenters. The van der Waals surface area contributed by atoms with Gasteiger partial charge >= 0.3 is 0 Å². The van der Waals surface area contributed by atoms with Gasteiger partial charge in [0.15, 0.2) is 0 Å². The molecule has 1 saturated heterocycles. The molecular weight excluding hydrogens is 288 g/mol. The summed E-state index contributed by atoms with van der Waals surface area (Å²) in [4.78, 5) is 2.68. The van der Waals surface area contributed by atoms with Gasteiger partial charge in [-0.3, -0.25) is 4.90 Å². The predicted octanol–water partition coefficient (Wildman–Crippen LogP) is 3.02. The van der Waals surface area contributed by atoms with Crippen molar-refractivity contribution in [2.75, 3.05) is 19.6 Å². The minimum absolute atomic E-state index is 0.362. The molecule has 1 heterocycles. The minimum atomic E-state index is 0.362. The third-order valence-electron chi connectivity index (χ3n) is 4.48. The molecule has 0 bridgehead atoms. The summed E-state index contributed by atoms with van der Waals surface area (Å²) in [6.45, 7) is 6.95. The third-order valence-corrected chi connectivity index (χ3v) is 4.98. The molecule has 98 valence electrons. The number of halogens is 1. The maximum atomic E-state index is 3.57. The molecule has 3 rings (SSSR count). The molecule has 1 aliphatic carbocycles. The van der Waals surface area contributed by atoms with Crippen LogP contribution in [0.1, 0.15) is 25.3 Å². The van der Waals surface area contributed by atoms with Crippen LogP contribution in [-0.2, 0) is 6.54 Å². The van der Waals surface area contributed by atoms with E-state index in [0.29, 0.717) is 5.54 Å². The Kier molecular flexibility index (Phi) is 3.48. The highest BCUT2D eigenvalue weighted by molar-refractivity contribution is 9.10. The minimum Gasteiger partial charge on any atom is -0.314 e. The molecule has 1 N–H and O–H groups in total. The van der Waals surface area contributed by atoms with Crippen molar-refractivity contribution in [2.24, 2.45) is 5.92 Å². The molecule has 1 aromatic carbocycles. The van der Waals surface area contributed by atoms with Crippen LogP contribution in [0.4, 0.5) is 0 Å². The van der Waals surface area contributed by atoms with Crippen LogP contribution >= 0.6 is 15.9 Å². The van der Waals surface area contributed by atoms with E-state index in [-0.39, 0.29) is 0 Å². The lowest BCUT2D eigenvalue weighted by molar-refractivity contribution is 0.0484. The molecule has 0 radical (unpaired) electrons. The molecule has 1 atom stereocenters. The molecule has 3 heteroatoms. The Balaban J connectivity index is 1.77. The van der Waals surface area contributed by atoms with Crippen LogP contribution in [0.15, 0.2) is 28.7 Å². The van der Waals surface area contributed by atoms with Crippen LogP contribution in [0.2, 0.25) is 0 Å². The van der Waals surface area contributed by atoms with Crippen molar-refractivity contribution in [3.8, 4) is 0 Å². The van der Waals surface area contributed by atoms with E-state index in [2.05, 4.69) is 57.3 Å². The molecule has 18 heavy (non-hydrogen) atoms. The van der Waals surface area contributed by atoms with Gasteiger partial charge < -0.3 is 5.32 Å². The predicted molar refractivity (Wildman–Crippen MR) is 78.6 cm³/mol. The van der Waals surface area contributed by atoms with Crippen molar-refractivity contribution in [1.29, 1.82) is 0 Å². The number of piperazine rings is 1. The number of hydrogen-bond acceptors (Lipinski definition) is 2. The first-order chi connectivity index (χ1) is 8.68. The summed E-state index contributed by atoms with van der Waals surface area (Å²) < 4.78 is 1.18. The first-order valence-electron chi connectivity index (χ1n) is 6.89. The van der Waals surface area contributed by atoms with Gasteiger partial charge in [0.05, 0.1) is 0 Å². The molecule has 0 spiro atoms. The zero-order valence-electron chi connectivity index (χ0n) is 11.0. The topological polar surface area (TPSA) is 15.3 Å². The van der Waals surface area contributed by atoms with Crippen LogP contribution in [-0.4, -0.2) is 30.1 Å². The first kappa shape index (κ1) is 12.6. The Hall–Kier alpha value is -0.380. The van der Waals surface area contributed by atoms with E-state index in [1.807, 2.05) is 0 Å². The summed E-state index contributed by atoms with van der Waals surface area (Å²) in [7, 11) is 0. The average molecular weight is 309 g/mol. The van der Waals surface area contributed by atoms with Gasteiger partial charge in [0.25, 0.3) is 0 Å². The van der Waals surface area contributed by atoms with Crippen molar-refractivity contribution in [1.82, 2.24) is 10.2 Å². The van der Waals surface area contributed by atoms with Gasteiger partial charge in [-0.05, 0) is 43.4 Å². The normalized spacial score (nSPS) is 29.4. The second kappa shape index (κ2) is 4.95. The van der Waals surface area contributed by atoms with Gasteiger partial charge in [-0.15, -0.1) is 0 Å². The number of benzene rings is 1. The molecule has 2 nitrogen and oxygen atoms in total. The summed E-state index contributed by atoms with van der Waals surface area (Å²) in [5.74, 6) is 0.900. The maximum Gasteiger partial charge on any atom is 0.0337 e. The monoisotopic (exact) mass is 308 g/mol. The van der Waals surface area contributed by atoms with Crippen LogP contribution in [0.5, 0.6) is 0 Å². The zero-order chi connectivity index (χ0) is 12.6. The van der Waals surface area contributed by atoms with Crippen molar-refractivity contribution in [2.45, 2.75) is 31.8 Å². The van der Waals surface area contributed by atoms with Gasteiger partial charge in [0.2, 0.25) is 0 Å². The fourth-order valence-corrected chi connectivity index (χ4v) is 3.59. The number of rotatable bonds is 3. The highest BCUT2D eigenvalue weighted by atomic mass is 79.9. The van der Waals surface area contributed by atoms with Crippen LogP contribution < -0.4 is 5.32 Å². The Morgan fingerprint density at radius 3 is 3.00 bits per heavy atom. The van der Waals surface area contributed by atoms with Crippen molar-refractivity contribution in [3.05, 3.63) is 34.3 Å². The van der Waals surface area contributed by atoms with E-state index >= 15 is 0 Å². The third kappa shape index (κ3) is 2.49. The van der Waals surface area contributed by atoms with Crippen molar-refractivity contribution < 1.29 is 0 Å². The lowest BCUT2D eigenvalue weighted by Crippen LogP contribution is -2.60. The summed E-state index contributed by atoms with van der Waals surface area (Å²) >= 11 is 3.57. The van der Waals surface area contributed by atoms with E-state index < -0.39 is 0 Å². The Morgan fingerprint density at radius 1 is 1.44 bits per heavy atom. The number of hydrogen-bond donors (Lipinski definition) is 1. The highest BCUT2D eigenvalue weighted by Crippen LogP contribution is 2.44. The van der Waals surface area contributed by atoms with E-state index in [9.17, 15) is 0 Å². The van der Waals surface area contributed by atoms with E-state index in [4.69, 9.17) is 0 Å². The molecular formula is C15H21BrN2. The second-order valence-electron chi connectivity index (χ2n) is 5.86. The van der Waals surface area contributed by atoms with Crippen molar-refractivity contribution in [3.63, 3.8) is 0 Å². The largest absolute Gasteiger partial charge is 0.314 e. The fraction of sp³-hybridized carbons (Fsp3) is 0.600. The Labute approximate surface area is 118 Å². The van der Waals surface area contributed by atoms with E-state index in [1.165, 1.54) is 29.4 Å². The molecule has 1 aromatic rings. The molecule has 1 aliphatic heterocycles. The first-order valence-corrected chi connectivity index (χ1v) is 7.68. The van der Waals surface area contributed by atoms with Gasteiger partial charge in [-0.2, -0.15) is 0 Å². The molecule has 0 amide bonds. The quantitative estimate of drug-likeness (QED) is 0.923. The second-order valence-corrected chi connectivity index (χ2v) is 6.78. The summed E-state index contributed by atoms with van der Waals surface area (Å²) in [6, 6.07) is 8.72. The zero-order valence-corrected chi connectivity index (χ0v) is 12.5. The van der Waals surface area contributed by atoms with E-state index in [0.717, 1.165) is 25.6 Å². The summed E-state index contributed by atoms with van der Waals surface area (Å²) in [5.41, 5.74) is 1.78. The smallest absolute Gasteiger partial charge is 0.0337 e. The summed E-state index contributed by atoms with van der Waals surface area (Å²) in [5, 5.41) is 3.57. The van der Waals surface area contributed by atoms with Crippen LogP contribution in [0.25, 0.3) is 0 Å². The molecule has 2 aliphatic rings. The molecule has 2 fully saturated rings. The molecule has 1 saturated carbocycles. The Bertz CT molecular complexity index is 430. The lowest BCUT2D eigenvalue weighted by Gasteiger charge is -2.46. The maximum absolute atomic E-state index is 3.57. The van der Waals surface area contributed by atoms with E-state index in [1.54, 1.807) is 0 Å². The SMILES string of the molecule is CC1(C2CC2)CNCCN1Cc1cccc(Br)c1. The highest BCUT2D eigenvalue weighted by Gasteiger charge is 2.46. The molecule has 0 aromatic heterocycles. The van der Waals surface area contributed by atoms with Crippen molar-refractivity contribution >= 4 is 15.9 Å².